The van der Waals surface area contributed by atoms with E-state index in [2.05, 4.69) is 15.0 Å². The molecule has 27 heavy (non-hydrogen) atoms. The Balaban J connectivity index is 1.66. The number of oxazole rings is 1. The van der Waals surface area contributed by atoms with Crippen molar-refractivity contribution in [2.45, 2.75) is 19.4 Å². The Labute approximate surface area is 152 Å². The van der Waals surface area contributed by atoms with E-state index in [1.807, 2.05) is 0 Å². The van der Waals surface area contributed by atoms with Gasteiger partial charge < -0.3 is 18.7 Å². The van der Waals surface area contributed by atoms with Crippen LogP contribution in [0.1, 0.15) is 39.4 Å². The Morgan fingerprint density at radius 1 is 1.37 bits per heavy atom. The molecular formula is C19H15FN4O3. The monoisotopic (exact) mass is 366 g/mol. The summed E-state index contributed by atoms with van der Waals surface area (Å²) in [6, 6.07) is 5.72. The number of hydrogen-bond donors (Lipinski definition) is 1. The van der Waals surface area contributed by atoms with Crippen LogP contribution in [0.25, 0.3) is 11.0 Å². The maximum absolute atomic E-state index is 14.1. The lowest BCUT2D eigenvalue weighted by Gasteiger charge is -2.33. The van der Waals surface area contributed by atoms with E-state index in [1.165, 1.54) is 12.5 Å². The van der Waals surface area contributed by atoms with E-state index in [1.54, 1.807) is 36.4 Å². The zero-order valence-electron chi connectivity index (χ0n) is 14.4. The van der Waals surface area contributed by atoms with Gasteiger partial charge in [0, 0.05) is 18.7 Å². The third-order valence-electron chi connectivity index (χ3n) is 4.92. The number of halogens is 1. The van der Waals surface area contributed by atoms with Crippen molar-refractivity contribution in [1.82, 2.24) is 19.9 Å². The van der Waals surface area contributed by atoms with Gasteiger partial charge in [-0.1, -0.05) is 6.07 Å². The molecule has 4 heterocycles. The highest BCUT2D eigenvalue weighted by Crippen LogP contribution is 2.37. The van der Waals surface area contributed by atoms with Crippen molar-refractivity contribution < 1.29 is 18.0 Å². The third kappa shape index (κ3) is 2.37. The average molecular weight is 366 g/mol. The normalized spacial score (nSPS) is 16.7. The molecule has 1 atom stereocenters. The number of nitrogens with one attached hydrogen (secondary N) is 1. The fourth-order valence-corrected chi connectivity index (χ4v) is 3.60. The summed E-state index contributed by atoms with van der Waals surface area (Å²) in [5, 5.41) is 0.374. The molecule has 5 rings (SSSR count). The fraction of sp³-hybridized carbons (Fsp3) is 0.211. The number of carbonyl (C=O) groups is 1. The van der Waals surface area contributed by atoms with Crippen molar-refractivity contribution in [1.29, 1.82) is 0 Å². The SMILES string of the molecule is Cc1ncoc1C(=O)N1CCc2[nH]cnc2[C@H]1c1cc2c(F)cccc2o1. The van der Waals surface area contributed by atoms with E-state index in [0.29, 0.717) is 41.1 Å². The number of H-pyrrole nitrogens is 1. The largest absolute Gasteiger partial charge is 0.458 e. The second-order valence-corrected chi connectivity index (χ2v) is 6.48. The van der Waals surface area contributed by atoms with Crippen LogP contribution < -0.4 is 0 Å². The molecule has 4 aromatic rings. The van der Waals surface area contributed by atoms with Gasteiger partial charge in [-0.3, -0.25) is 4.79 Å². The molecule has 1 aromatic carbocycles. The van der Waals surface area contributed by atoms with Crippen molar-refractivity contribution in [3.05, 3.63) is 71.4 Å². The van der Waals surface area contributed by atoms with Crippen LogP contribution in [-0.2, 0) is 6.42 Å². The van der Waals surface area contributed by atoms with Gasteiger partial charge in [0.15, 0.2) is 6.39 Å². The fourth-order valence-electron chi connectivity index (χ4n) is 3.60. The number of aromatic amines is 1. The Hall–Kier alpha value is -3.42. The third-order valence-corrected chi connectivity index (χ3v) is 4.92. The number of rotatable bonds is 2. The van der Waals surface area contributed by atoms with Crippen LogP contribution in [0.5, 0.6) is 0 Å². The number of aromatic nitrogens is 3. The quantitative estimate of drug-likeness (QED) is 0.588. The molecular weight excluding hydrogens is 351 g/mol. The molecule has 3 aromatic heterocycles. The Bertz CT molecular complexity index is 1160. The van der Waals surface area contributed by atoms with Gasteiger partial charge in [0.05, 0.1) is 23.1 Å². The van der Waals surface area contributed by atoms with Crippen molar-refractivity contribution in [3.8, 4) is 0 Å². The summed E-state index contributed by atoms with van der Waals surface area (Å²) < 4.78 is 25.3. The summed E-state index contributed by atoms with van der Waals surface area (Å²) in [6.07, 6.45) is 3.46. The molecule has 0 unspecified atom stereocenters. The second kappa shape index (κ2) is 5.80. The highest BCUT2D eigenvalue weighted by molar-refractivity contribution is 5.93. The number of fused-ring (bicyclic) bond motifs is 2. The molecule has 1 N–H and O–H groups in total. The molecule has 0 spiro atoms. The standard InChI is InChI=1S/C19H15FN4O3/c1-10-18(26-9-23-10)19(25)24-6-5-13-16(22-8-21-13)17(24)15-7-11-12(20)3-2-4-14(11)27-15/h2-4,7-9,17H,5-6H2,1H3,(H,21,22)/t17-/m1/s1. The van der Waals surface area contributed by atoms with E-state index >= 15 is 0 Å². The summed E-state index contributed by atoms with van der Waals surface area (Å²) in [5.41, 5.74) is 2.56. The van der Waals surface area contributed by atoms with Crippen molar-refractivity contribution in [2.75, 3.05) is 6.54 Å². The molecule has 136 valence electrons. The van der Waals surface area contributed by atoms with E-state index in [9.17, 15) is 9.18 Å². The van der Waals surface area contributed by atoms with E-state index < -0.39 is 6.04 Å². The highest BCUT2D eigenvalue weighted by Gasteiger charge is 2.38. The number of amides is 1. The van der Waals surface area contributed by atoms with Crippen molar-refractivity contribution in [3.63, 3.8) is 0 Å². The molecule has 1 amide bonds. The van der Waals surface area contributed by atoms with Gasteiger partial charge in [-0.2, -0.15) is 0 Å². The molecule has 0 fully saturated rings. The smallest absolute Gasteiger partial charge is 0.292 e. The molecule has 0 aliphatic carbocycles. The molecule has 7 nitrogen and oxygen atoms in total. The second-order valence-electron chi connectivity index (χ2n) is 6.48. The van der Waals surface area contributed by atoms with Crippen LogP contribution >= 0.6 is 0 Å². The van der Waals surface area contributed by atoms with Gasteiger partial charge in [-0.05, 0) is 25.1 Å². The van der Waals surface area contributed by atoms with Gasteiger partial charge in [-0.25, -0.2) is 14.4 Å². The first-order valence-corrected chi connectivity index (χ1v) is 8.54. The van der Waals surface area contributed by atoms with Crippen LogP contribution in [0.15, 0.2) is 45.8 Å². The minimum absolute atomic E-state index is 0.182. The summed E-state index contributed by atoms with van der Waals surface area (Å²) in [4.78, 5) is 26.3. The number of furan rings is 1. The van der Waals surface area contributed by atoms with Gasteiger partial charge in [0.1, 0.15) is 23.2 Å². The lowest BCUT2D eigenvalue weighted by molar-refractivity contribution is 0.0639. The summed E-state index contributed by atoms with van der Waals surface area (Å²) in [5.74, 6) is -0.0379. The van der Waals surface area contributed by atoms with Gasteiger partial charge >= 0.3 is 0 Å². The number of aryl methyl sites for hydroxylation is 1. The topological polar surface area (TPSA) is 88.2 Å². The van der Waals surface area contributed by atoms with E-state index in [0.717, 1.165) is 5.69 Å². The lowest BCUT2D eigenvalue weighted by Crippen LogP contribution is -2.40. The van der Waals surface area contributed by atoms with Crippen LogP contribution in [0.3, 0.4) is 0 Å². The van der Waals surface area contributed by atoms with Crippen LogP contribution in [-0.4, -0.2) is 32.3 Å². The summed E-state index contributed by atoms with van der Waals surface area (Å²) in [6.45, 7) is 2.16. The predicted molar refractivity (Wildman–Crippen MR) is 92.6 cm³/mol. The van der Waals surface area contributed by atoms with Gasteiger partial charge in [-0.15, -0.1) is 0 Å². The predicted octanol–water partition coefficient (Wildman–Crippen LogP) is 3.38. The van der Waals surface area contributed by atoms with Crippen molar-refractivity contribution >= 4 is 16.9 Å². The molecule has 0 saturated carbocycles. The van der Waals surface area contributed by atoms with E-state index in [4.69, 9.17) is 8.83 Å². The van der Waals surface area contributed by atoms with Crippen LogP contribution in [0, 0.1) is 12.7 Å². The minimum Gasteiger partial charge on any atom is -0.458 e. The zero-order valence-corrected chi connectivity index (χ0v) is 14.4. The number of benzene rings is 1. The number of nitrogens with zero attached hydrogens (tertiary/aromatic N) is 3. The molecule has 0 bridgehead atoms. The average Bonchev–Trinajstić information content (AvgIpc) is 3.39. The first-order valence-electron chi connectivity index (χ1n) is 8.54. The first-order chi connectivity index (χ1) is 13.1. The molecule has 0 saturated heterocycles. The molecule has 1 aliphatic rings. The van der Waals surface area contributed by atoms with E-state index in [-0.39, 0.29) is 17.5 Å². The molecule has 0 radical (unpaired) electrons. The molecule has 1 aliphatic heterocycles. The lowest BCUT2D eigenvalue weighted by atomic mass is 9.99. The maximum Gasteiger partial charge on any atom is 0.292 e. The van der Waals surface area contributed by atoms with Gasteiger partial charge in [0.2, 0.25) is 5.76 Å². The zero-order chi connectivity index (χ0) is 18.5. The summed E-state index contributed by atoms with van der Waals surface area (Å²) >= 11 is 0. The number of carbonyl (C=O) groups excluding carboxylic acids is 1. The minimum atomic E-state index is -0.580. The number of imidazole rings is 1. The first kappa shape index (κ1) is 15.8. The van der Waals surface area contributed by atoms with Crippen LogP contribution in [0.2, 0.25) is 0 Å². The Kier molecular flexibility index (Phi) is 3.40. The maximum atomic E-state index is 14.1. The number of hydrogen-bond acceptors (Lipinski definition) is 5. The van der Waals surface area contributed by atoms with Gasteiger partial charge in [0.25, 0.3) is 5.91 Å². The summed E-state index contributed by atoms with van der Waals surface area (Å²) in [7, 11) is 0. The Morgan fingerprint density at radius 3 is 3.04 bits per heavy atom. The molecule has 8 heteroatoms. The van der Waals surface area contributed by atoms with Crippen LogP contribution in [0.4, 0.5) is 4.39 Å². The highest BCUT2D eigenvalue weighted by atomic mass is 19.1. The Morgan fingerprint density at radius 2 is 2.26 bits per heavy atom. The van der Waals surface area contributed by atoms with Crippen molar-refractivity contribution in [2.24, 2.45) is 0 Å².